The predicted molar refractivity (Wildman–Crippen MR) is 61.0 cm³/mol. The van der Waals surface area contributed by atoms with E-state index in [9.17, 15) is 4.79 Å². The van der Waals surface area contributed by atoms with Gasteiger partial charge in [0, 0.05) is 7.05 Å². The number of aliphatic hydroxyl groups excluding tert-OH is 1. The first kappa shape index (κ1) is 12.5. The second-order valence-electron chi connectivity index (χ2n) is 4.47. The molecule has 4 N–H and O–H groups in total. The smallest absolute Gasteiger partial charge is 0.272 e. The molecule has 90 valence electrons. The van der Waals surface area contributed by atoms with Crippen LogP contribution in [0.15, 0.2) is 0 Å². The molecule has 6 nitrogen and oxygen atoms in total. The minimum absolute atomic E-state index is 0.143. The molecule has 0 fully saturated rings. The highest BCUT2D eigenvalue weighted by Gasteiger charge is 2.24. The number of aliphatic hydroxyl groups is 1. The van der Waals surface area contributed by atoms with E-state index >= 15 is 0 Å². The van der Waals surface area contributed by atoms with Crippen molar-refractivity contribution in [1.82, 2.24) is 15.1 Å². The summed E-state index contributed by atoms with van der Waals surface area (Å²) in [4.78, 5) is 11.9. The van der Waals surface area contributed by atoms with Crippen LogP contribution in [-0.4, -0.2) is 32.9 Å². The van der Waals surface area contributed by atoms with Crippen molar-refractivity contribution in [3.05, 3.63) is 11.4 Å². The number of amides is 1. The van der Waals surface area contributed by atoms with Crippen LogP contribution in [0.25, 0.3) is 0 Å². The van der Waals surface area contributed by atoms with Crippen LogP contribution >= 0.6 is 0 Å². The van der Waals surface area contributed by atoms with E-state index in [0.29, 0.717) is 17.1 Å². The highest BCUT2D eigenvalue weighted by Crippen LogP contribution is 2.16. The maximum atomic E-state index is 11.9. The third kappa shape index (κ3) is 2.33. The summed E-state index contributed by atoms with van der Waals surface area (Å²) in [6, 6.07) is 0. The second kappa shape index (κ2) is 4.13. The molecule has 0 spiro atoms. The lowest BCUT2D eigenvalue weighted by Gasteiger charge is -2.23. The summed E-state index contributed by atoms with van der Waals surface area (Å²) in [6.07, 6.45) is 0. The number of carbonyl (C=O) groups excluding carboxylic acids is 1. The van der Waals surface area contributed by atoms with Gasteiger partial charge in [0.2, 0.25) is 0 Å². The zero-order valence-corrected chi connectivity index (χ0v) is 10.0. The van der Waals surface area contributed by atoms with Gasteiger partial charge < -0.3 is 16.2 Å². The molecule has 6 heteroatoms. The van der Waals surface area contributed by atoms with E-state index in [2.05, 4.69) is 10.4 Å². The molecular weight excluding hydrogens is 208 g/mol. The number of anilines is 1. The quantitative estimate of drug-likeness (QED) is 0.666. The van der Waals surface area contributed by atoms with E-state index < -0.39 is 5.54 Å². The molecule has 0 radical (unpaired) electrons. The summed E-state index contributed by atoms with van der Waals surface area (Å²) in [5.41, 5.74) is 6.39. The van der Waals surface area contributed by atoms with Gasteiger partial charge in [-0.05, 0) is 20.8 Å². The summed E-state index contributed by atoms with van der Waals surface area (Å²) < 4.78 is 1.44. The number of hydrogen-bond acceptors (Lipinski definition) is 4. The van der Waals surface area contributed by atoms with Crippen LogP contribution in [0.1, 0.15) is 30.0 Å². The Morgan fingerprint density at radius 3 is 2.56 bits per heavy atom. The van der Waals surface area contributed by atoms with E-state index in [4.69, 9.17) is 10.8 Å². The number of aromatic nitrogens is 2. The Kier molecular flexibility index (Phi) is 3.23. The molecule has 0 aliphatic rings. The molecule has 0 aliphatic heterocycles. The first-order chi connectivity index (χ1) is 7.28. The highest BCUT2D eigenvalue weighted by molar-refractivity contribution is 5.98. The number of rotatable bonds is 3. The summed E-state index contributed by atoms with van der Waals surface area (Å²) in [5.74, 6) is -0.334. The zero-order chi connectivity index (χ0) is 12.5. The van der Waals surface area contributed by atoms with Crippen molar-refractivity contribution in [2.24, 2.45) is 7.05 Å². The van der Waals surface area contributed by atoms with Crippen LogP contribution in [0.2, 0.25) is 0 Å². The Labute approximate surface area is 94.4 Å². The van der Waals surface area contributed by atoms with Crippen LogP contribution in [0, 0.1) is 6.92 Å². The molecule has 0 saturated carbocycles. The van der Waals surface area contributed by atoms with Gasteiger partial charge in [-0.15, -0.1) is 0 Å². The summed E-state index contributed by atoms with van der Waals surface area (Å²) in [5, 5.41) is 15.8. The Morgan fingerprint density at radius 1 is 1.62 bits per heavy atom. The van der Waals surface area contributed by atoms with E-state index in [1.807, 2.05) is 0 Å². The van der Waals surface area contributed by atoms with Crippen molar-refractivity contribution < 1.29 is 9.90 Å². The van der Waals surface area contributed by atoms with E-state index in [1.54, 1.807) is 27.8 Å². The second-order valence-corrected chi connectivity index (χ2v) is 4.47. The fourth-order valence-electron chi connectivity index (χ4n) is 1.35. The Bertz CT molecular complexity index is 409. The van der Waals surface area contributed by atoms with Gasteiger partial charge in [0.05, 0.1) is 23.5 Å². The van der Waals surface area contributed by atoms with Crippen molar-refractivity contribution >= 4 is 11.6 Å². The number of carbonyl (C=O) groups is 1. The monoisotopic (exact) mass is 226 g/mol. The minimum Gasteiger partial charge on any atom is -0.395 e. The fourth-order valence-corrected chi connectivity index (χ4v) is 1.35. The topological polar surface area (TPSA) is 93.2 Å². The van der Waals surface area contributed by atoms with Gasteiger partial charge in [-0.3, -0.25) is 9.48 Å². The fraction of sp³-hybridized carbons (Fsp3) is 0.600. The van der Waals surface area contributed by atoms with Gasteiger partial charge in [0.15, 0.2) is 0 Å². The molecule has 1 amide bonds. The van der Waals surface area contributed by atoms with Crippen molar-refractivity contribution in [2.45, 2.75) is 26.3 Å². The molecule has 0 unspecified atom stereocenters. The minimum atomic E-state index is -0.679. The maximum Gasteiger partial charge on any atom is 0.272 e. The van der Waals surface area contributed by atoms with Crippen LogP contribution < -0.4 is 11.1 Å². The van der Waals surface area contributed by atoms with Crippen LogP contribution in [0.3, 0.4) is 0 Å². The molecule has 1 aromatic rings. The van der Waals surface area contributed by atoms with Crippen molar-refractivity contribution in [2.75, 3.05) is 12.3 Å². The standard InChI is InChI=1S/C10H18N4O2/c1-6-7(11)8(14(4)13-6)9(16)12-10(2,3)5-15/h15H,5,11H2,1-4H3,(H,12,16). The average Bonchev–Trinajstić information content (AvgIpc) is 2.40. The third-order valence-corrected chi connectivity index (χ3v) is 2.33. The molecule has 1 rings (SSSR count). The Balaban J connectivity index is 2.98. The lowest BCUT2D eigenvalue weighted by Crippen LogP contribution is -2.46. The van der Waals surface area contributed by atoms with Crippen molar-refractivity contribution in [3.63, 3.8) is 0 Å². The van der Waals surface area contributed by atoms with Crippen LogP contribution in [0.4, 0.5) is 5.69 Å². The molecule has 0 bridgehead atoms. The van der Waals surface area contributed by atoms with E-state index in [0.717, 1.165) is 0 Å². The molecule has 1 aromatic heterocycles. The zero-order valence-electron chi connectivity index (χ0n) is 10.0. The number of nitrogens with two attached hydrogens (primary N) is 1. The predicted octanol–water partition coefficient (Wildman–Crippen LogP) is -0.189. The molecule has 0 aliphatic carbocycles. The number of hydrogen-bond donors (Lipinski definition) is 3. The number of nitrogens with one attached hydrogen (secondary N) is 1. The van der Waals surface area contributed by atoms with Gasteiger partial charge in [0.25, 0.3) is 5.91 Å². The highest BCUT2D eigenvalue weighted by atomic mass is 16.3. The number of nitrogen functional groups attached to an aromatic ring is 1. The van der Waals surface area contributed by atoms with Crippen LogP contribution in [-0.2, 0) is 7.05 Å². The summed E-state index contributed by atoms with van der Waals surface area (Å²) in [6.45, 7) is 5.05. The Morgan fingerprint density at radius 2 is 2.19 bits per heavy atom. The average molecular weight is 226 g/mol. The molecule has 0 saturated heterocycles. The molecule has 0 atom stereocenters. The maximum absolute atomic E-state index is 11.9. The SMILES string of the molecule is Cc1nn(C)c(C(=O)NC(C)(C)CO)c1N. The first-order valence-corrected chi connectivity index (χ1v) is 5.01. The van der Waals surface area contributed by atoms with Gasteiger partial charge in [-0.1, -0.05) is 0 Å². The number of nitrogens with zero attached hydrogens (tertiary/aromatic N) is 2. The van der Waals surface area contributed by atoms with Crippen molar-refractivity contribution in [3.8, 4) is 0 Å². The van der Waals surface area contributed by atoms with E-state index in [1.165, 1.54) is 4.68 Å². The van der Waals surface area contributed by atoms with Gasteiger partial charge in [0.1, 0.15) is 5.69 Å². The third-order valence-electron chi connectivity index (χ3n) is 2.33. The number of aryl methyl sites for hydroxylation is 2. The van der Waals surface area contributed by atoms with Crippen molar-refractivity contribution in [1.29, 1.82) is 0 Å². The van der Waals surface area contributed by atoms with Crippen LogP contribution in [0.5, 0.6) is 0 Å². The largest absolute Gasteiger partial charge is 0.395 e. The lowest BCUT2D eigenvalue weighted by atomic mass is 10.1. The molecule has 16 heavy (non-hydrogen) atoms. The Hall–Kier alpha value is -1.56. The molecule has 1 heterocycles. The van der Waals surface area contributed by atoms with Gasteiger partial charge in [-0.25, -0.2) is 0 Å². The normalized spacial score (nSPS) is 11.6. The summed E-state index contributed by atoms with van der Waals surface area (Å²) in [7, 11) is 1.66. The molecule has 0 aromatic carbocycles. The van der Waals surface area contributed by atoms with Gasteiger partial charge >= 0.3 is 0 Å². The van der Waals surface area contributed by atoms with Gasteiger partial charge in [-0.2, -0.15) is 5.10 Å². The first-order valence-electron chi connectivity index (χ1n) is 5.01. The molecular formula is C10H18N4O2. The summed E-state index contributed by atoms with van der Waals surface area (Å²) >= 11 is 0. The van der Waals surface area contributed by atoms with E-state index in [-0.39, 0.29) is 12.5 Å². The lowest BCUT2D eigenvalue weighted by molar-refractivity contribution is 0.0860.